The number of para-hydroxylation sites is 1. The van der Waals surface area contributed by atoms with E-state index in [1.165, 1.54) is 30.9 Å². The van der Waals surface area contributed by atoms with Gasteiger partial charge in [0.25, 0.3) is 0 Å². The maximum Gasteiger partial charge on any atom is 0.475 e. The van der Waals surface area contributed by atoms with Crippen molar-refractivity contribution >= 4 is 39.4 Å². The summed E-state index contributed by atoms with van der Waals surface area (Å²) in [6, 6.07) is 11.3. The zero-order valence-corrected chi connectivity index (χ0v) is 17.4. The van der Waals surface area contributed by atoms with Gasteiger partial charge in [-0.15, -0.1) is 0 Å². The Hall–Kier alpha value is -2.69. The van der Waals surface area contributed by atoms with Crippen LogP contribution in [-0.4, -0.2) is 45.7 Å². The van der Waals surface area contributed by atoms with Crippen LogP contribution >= 0.6 is 0 Å². The minimum atomic E-state index is -2.51. The molecule has 0 aliphatic carbocycles. The normalized spacial score (nSPS) is 12.6. The fraction of sp³-hybridized carbons (Fsp3) is 0.250. The second-order valence-electron chi connectivity index (χ2n) is 7.28. The van der Waals surface area contributed by atoms with Gasteiger partial charge >= 0.3 is 7.12 Å². The molecule has 0 spiro atoms. The number of fused-ring (bicyclic) bond motifs is 1. The van der Waals surface area contributed by atoms with Gasteiger partial charge in [-0.05, 0) is 35.7 Å². The van der Waals surface area contributed by atoms with Crippen molar-refractivity contribution in [1.29, 1.82) is 0 Å². The van der Waals surface area contributed by atoms with Crippen LogP contribution in [0.5, 0.6) is 0 Å². The lowest BCUT2D eigenvalue weighted by atomic mass is 9.75. The maximum absolute atomic E-state index is 14.2. The summed E-state index contributed by atoms with van der Waals surface area (Å²) in [5.74, 6) is -2.15. The Balaban J connectivity index is 1.70. The van der Waals surface area contributed by atoms with Gasteiger partial charge < -0.3 is 19.8 Å². The van der Waals surface area contributed by atoms with Gasteiger partial charge in [0.2, 0.25) is 5.91 Å². The van der Waals surface area contributed by atoms with Crippen LogP contribution in [-0.2, 0) is 27.4 Å². The molecule has 0 bridgehead atoms. The number of carbonyl (C=O) groups excluding carboxylic acids is 1. The molecule has 1 aromatic heterocycles. The Bertz CT molecular complexity index is 1180. The maximum atomic E-state index is 14.2. The van der Waals surface area contributed by atoms with E-state index in [4.69, 9.17) is 4.42 Å². The van der Waals surface area contributed by atoms with E-state index in [0.717, 1.165) is 17.0 Å². The van der Waals surface area contributed by atoms with Crippen molar-refractivity contribution in [1.82, 2.24) is 5.32 Å². The number of carbonyl (C=O) groups is 1. The van der Waals surface area contributed by atoms with Gasteiger partial charge in [0.1, 0.15) is 17.1 Å². The molecule has 2 aromatic carbocycles. The van der Waals surface area contributed by atoms with Crippen LogP contribution in [0.25, 0.3) is 11.0 Å². The van der Waals surface area contributed by atoms with E-state index in [9.17, 15) is 23.4 Å². The van der Waals surface area contributed by atoms with Crippen LogP contribution in [0.2, 0.25) is 0 Å². The van der Waals surface area contributed by atoms with Gasteiger partial charge in [0.15, 0.2) is 0 Å². The predicted molar refractivity (Wildman–Crippen MR) is 114 cm³/mol. The fourth-order valence-electron chi connectivity index (χ4n) is 3.07. The predicted octanol–water partition coefficient (Wildman–Crippen LogP) is 2.21. The van der Waals surface area contributed by atoms with E-state index in [0.29, 0.717) is 11.1 Å². The van der Waals surface area contributed by atoms with E-state index in [1.807, 2.05) is 18.2 Å². The smallest absolute Gasteiger partial charge is 0.464 e. The zero-order chi connectivity index (χ0) is 21.9. The minimum Gasteiger partial charge on any atom is -0.464 e. The molecule has 1 heterocycles. The highest BCUT2D eigenvalue weighted by Gasteiger charge is 2.27. The number of furan rings is 1. The van der Waals surface area contributed by atoms with Crippen molar-refractivity contribution in [2.45, 2.75) is 18.8 Å². The van der Waals surface area contributed by atoms with Gasteiger partial charge in [0, 0.05) is 27.6 Å². The largest absolute Gasteiger partial charge is 0.475 e. The van der Waals surface area contributed by atoms with Gasteiger partial charge in [-0.3, -0.25) is 4.79 Å². The number of hydrogen-bond donors (Lipinski definition) is 3. The van der Waals surface area contributed by atoms with Crippen LogP contribution in [0.1, 0.15) is 11.1 Å². The molecule has 0 aliphatic rings. The number of halogens is 1. The topological polar surface area (TPSA) is 112 Å². The standard InChI is InChI=1S/C20H22BFN2O5S/c1-30(2,28)24-17-8-7-13(9-16(17)22)10-20(25)23-19(21(26)27)11-14-12-29-18-6-4-3-5-15(14)18/h3-9,12,19,26-27H,10-11H2,1-2H3,(H,23,25)/t19-/m0/s1. The molecule has 0 saturated carbocycles. The SMILES string of the molecule is CS(C)(=O)=Nc1ccc(CC(=O)N[C@@H](Cc2coc3ccccc23)B(O)O)cc1F. The minimum absolute atomic E-state index is 0.0374. The molecule has 3 N–H and O–H groups in total. The molecular formula is C20H22BFN2O5S. The first-order valence-corrected chi connectivity index (χ1v) is 11.5. The highest BCUT2D eigenvalue weighted by molar-refractivity contribution is 7.92. The number of benzene rings is 2. The molecule has 0 fully saturated rings. The van der Waals surface area contributed by atoms with Crippen molar-refractivity contribution in [3.05, 3.63) is 65.7 Å². The first kappa shape index (κ1) is 22.0. The van der Waals surface area contributed by atoms with Gasteiger partial charge in [-0.2, -0.15) is 4.36 Å². The van der Waals surface area contributed by atoms with Crippen molar-refractivity contribution in [3.63, 3.8) is 0 Å². The summed E-state index contributed by atoms with van der Waals surface area (Å²) >= 11 is 0. The molecule has 30 heavy (non-hydrogen) atoms. The van der Waals surface area contributed by atoms with Crippen molar-refractivity contribution < 1.29 is 27.9 Å². The fourth-order valence-corrected chi connectivity index (χ4v) is 3.69. The average Bonchev–Trinajstić information content (AvgIpc) is 3.05. The van der Waals surface area contributed by atoms with E-state index < -0.39 is 34.5 Å². The molecule has 3 rings (SSSR count). The van der Waals surface area contributed by atoms with Crippen LogP contribution in [0, 0.1) is 5.82 Å². The Kier molecular flexibility index (Phi) is 6.59. The van der Waals surface area contributed by atoms with Crippen LogP contribution in [0.4, 0.5) is 10.1 Å². The summed E-state index contributed by atoms with van der Waals surface area (Å²) in [5, 5.41) is 22.8. The lowest BCUT2D eigenvalue weighted by molar-refractivity contribution is -0.120. The molecule has 1 amide bonds. The second kappa shape index (κ2) is 8.99. The number of rotatable bonds is 7. The number of nitrogens with zero attached hydrogens (tertiary/aromatic N) is 1. The Labute approximate surface area is 174 Å². The van der Waals surface area contributed by atoms with E-state index in [-0.39, 0.29) is 18.5 Å². The summed E-state index contributed by atoms with van der Waals surface area (Å²) in [4.78, 5) is 12.4. The van der Waals surface area contributed by atoms with E-state index >= 15 is 0 Å². The highest BCUT2D eigenvalue weighted by Crippen LogP contribution is 2.23. The summed E-state index contributed by atoms with van der Waals surface area (Å²) < 4.78 is 35.2. The number of amides is 1. The highest BCUT2D eigenvalue weighted by atomic mass is 32.2. The van der Waals surface area contributed by atoms with Crippen LogP contribution in [0.15, 0.2) is 57.5 Å². The Morgan fingerprint density at radius 3 is 2.67 bits per heavy atom. The molecule has 7 nitrogen and oxygen atoms in total. The van der Waals surface area contributed by atoms with E-state index in [2.05, 4.69) is 9.68 Å². The van der Waals surface area contributed by atoms with Gasteiger partial charge in [0.05, 0.1) is 18.6 Å². The number of hydrogen-bond acceptors (Lipinski definition) is 6. The quantitative estimate of drug-likeness (QED) is 0.496. The average molecular weight is 432 g/mol. The van der Waals surface area contributed by atoms with Crippen LogP contribution in [0.3, 0.4) is 0 Å². The summed E-state index contributed by atoms with van der Waals surface area (Å²) in [6.07, 6.45) is 4.30. The molecule has 0 unspecified atom stereocenters. The molecule has 1 atom stereocenters. The van der Waals surface area contributed by atoms with Crippen molar-refractivity contribution in [2.75, 3.05) is 12.5 Å². The molecule has 0 aliphatic heterocycles. The first-order chi connectivity index (χ1) is 14.1. The summed E-state index contributed by atoms with van der Waals surface area (Å²) in [7, 11) is -4.30. The first-order valence-electron chi connectivity index (χ1n) is 9.18. The summed E-state index contributed by atoms with van der Waals surface area (Å²) in [5.41, 5.74) is 1.73. The Morgan fingerprint density at radius 1 is 1.27 bits per heavy atom. The Morgan fingerprint density at radius 2 is 2.00 bits per heavy atom. The zero-order valence-electron chi connectivity index (χ0n) is 16.5. The number of nitrogens with one attached hydrogen (secondary N) is 1. The summed E-state index contributed by atoms with van der Waals surface area (Å²) in [6.45, 7) is 0. The third-order valence-corrected chi connectivity index (χ3v) is 5.04. The monoisotopic (exact) mass is 432 g/mol. The lowest BCUT2D eigenvalue weighted by Gasteiger charge is -2.17. The molecule has 10 heteroatoms. The second-order valence-corrected chi connectivity index (χ2v) is 9.83. The molecular weight excluding hydrogens is 410 g/mol. The third kappa shape index (κ3) is 5.68. The molecule has 158 valence electrons. The van der Waals surface area contributed by atoms with Gasteiger partial charge in [-0.1, -0.05) is 24.3 Å². The molecule has 0 saturated heterocycles. The van der Waals surface area contributed by atoms with Gasteiger partial charge in [-0.25, -0.2) is 8.60 Å². The molecule has 3 aromatic rings. The molecule has 0 radical (unpaired) electrons. The third-order valence-electron chi connectivity index (χ3n) is 4.40. The van der Waals surface area contributed by atoms with Crippen molar-refractivity contribution in [2.24, 2.45) is 4.36 Å². The van der Waals surface area contributed by atoms with E-state index in [1.54, 1.807) is 6.07 Å². The van der Waals surface area contributed by atoms with Crippen LogP contribution < -0.4 is 5.32 Å². The van der Waals surface area contributed by atoms with Crippen molar-refractivity contribution in [3.8, 4) is 0 Å². The lowest BCUT2D eigenvalue weighted by Crippen LogP contribution is -2.48.